The summed E-state index contributed by atoms with van der Waals surface area (Å²) in [4.78, 5) is 14.9. The number of ether oxygens (including phenoxy) is 3. The summed E-state index contributed by atoms with van der Waals surface area (Å²) in [7, 11) is 3.16. The van der Waals surface area contributed by atoms with Crippen LogP contribution in [-0.2, 0) is 4.79 Å². The van der Waals surface area contributed by atoms with E-state index in [1.807, 2.05) is 37.3 Å². The van der Waals surface area contributed by atoms with Crippen molar-refractivity contribution in [2.45, 2.75) is 19.1 Å². The Hall–Kier alpha value is -2.89. The number of methoxy groups -OCH3 is 2. The third kappa shape index (κ3) is 4.03. The summed E-state index contributed by atoms with van der Waals surface area (Å²) < 4.78 is 16.9. The Kier molecular flexibility index (Phi) is 5.99. The lowest BCUT2D eigenvalue weighted by molar-refractivity contribution is -0.135. The molecule has 31 heavy (non-hydrogen) atoms. The monoisotopic (exact) mass is 457 g/mol. The van der Waals surface area contributed by atoms with Crippen molar-refractivity contribution in [2.75, 3.05) is 19.1 Å². The van der Waals surface area contributed by atoms with Crippen molar-refractivity contribution >= 4 is 34.8 Å². The number of aryl methyl sites for hydroxylation is 1. The molecule has 3 aromatic carbocycles. The average Bonchev–Trinajstić information content (AvgIpc) is 2.78. The summed E-state index contributed by atoms with van der Waals surface area (Å²) in [6, 6.07) is 17.7. The number of halogens is 2. The average molecular weight is 458 g/mol. The highest BCUT2D eigenvalue weighted by molar-refractivity contribution is 6.31. The number of carbonyl (C=O) groups is 1. The molecule has 5 nitrogen and oxygen atoms in total. The maximum absolute atomic E-state index is 13.2. The highest BCUT2D eigenvalue weighted by Gasteiger charge is 2.51. The summed E-state index contributed by atoms with van der Waals surface area (Å²) in [6.45, 7) is 1.92. The number of hydrogen-bond acceptors (Lipinski definition) is 4. The van der Waals surface area contributed by atoms with Crippen molar-refractivity contribution < 1.29 is 19.0 Å². The minimum absolute atomic E-state index is 0.158. The number of anilines is 1. The maximum Gasteiger partial charge on any atom is 0.271 e. The molecule has 1 aliphatic heterocycles. The van der Waals surface area contributed by atoms with E-state index in [0.717, 1.165) is 11.1 Å². The second-order valence-electron chi connectivity index (χ2n) is 7.19. The highest BCUT2D eigenvalue weighted by Crippen LogP contribution is 2.44. The van der Waals surface area contributed by atoms with Crippen LogP contribution >= 0.6 is 23.2 Å². The van der Waals surface area contributed by atoms with Crippen molar-refractivity contribution in [1.29, 1.82) is 0 Å². The van der Waals surface area contributed by atoms with Gasteiger partial charge in [0.15, 0.2) is 11.5 Å². The molecule has 160 valence electrons. The number of nitrogens with zero attached hydrogens (tertiary/aromatic N) is 1. The van der Waals surface area contributed by atoms with Crippen LogP contribution in [0.25, 0.3) is 0 Å². The first-order chi connectivity index (χ1) is 14.9. The van der Waals surface area contributed by atoms with E-state index in [0.29, 0.717) is 33.0 Å². The van der Waals surface area contributed by atoms with Crippen molar-refractivity contribution in [3.8, 4) is 17.2 Å². The minimum atomic E-state index is -0.709. The maximum atomic E-state index is 13.2. The molecule has 1 aliphatic rings. The molecule has 0 spiro atoms. The van der Waals surface area contributed by atoms with E-state index < -0.39 is 6.10 Å². The largest absolute Gasteiger partial charge is 0.493 e. The summed E-state index contributed by atoms with van der Waals surface area (Å²) in [5.41, 5.74) is 2.50. The van der Waals surface area contributed by atoms with E-state index >= 15 is 0 Å². The molecule has 3 aromatic rings. The van der Waals surface area contributed by atoms with Gasteiger partial charge >= 0.3 is 0 Å². The van der Waals surface area contributed by atoms with Gasteiger partial charge in [-0.1, -0.05) is 35.3 Å². The van der Waals surface area contributed by atoms with Crippen LogP contribution in [0.2, 0.25) is 10.0 Å². The predicted molar refractivity (Wildman–Crippen MR) is 122 cm³/mol. The molecule has 0 unspecified atom stereocenters. The molecule has 1 saturated heterocycles. The van der Waals surface area contributed by atoms with Gasteiger partial charge in [-0.25, -0.2) is 0 Å². The van der Waals surface area contributed by atoms with E-state index in [1.165, 1.54) is 0 Å². The second kappa shape index (κ2) is 8.69. The molecule has 1 amide bonds. The van der Waals surface area contributed by atoms with Crippen LogP contribution in [0.1, 0.15) is 17.2 Å². The molecule has 2 atom stereocenters. The van der Waals surface area contributed by atoms with E-state index in [-0.39, 0.29) is 11.9 Å². The summed E-state index contributed by atoms with van der Waals surface area (Å²) >= 11 is 12.3. The highest BCUT2D eigenvalue weighted by atomic mass is 35.5. The lowest BCUT2D eigenvalue weighted by Gasteiger charge is -2.46. The zero-order chi connectivity index (χ0) is 22.1. The zero-order valence-electron chi connectivity index (χ0n) is 17.3. The van der Waals surface area contributed by atoms with E-state index in [2.05, 4.69) is 0 Å². The minimum Gasteiger partial charge on any atom is -0.493 e. The lowest BCUT2D eigenvalue weighted by atomic mass is 9.89. The predicted octanol–water partition coefficient (Wildman–Crippen LogP) is 5.85. The van der Waals surface area contributed by atoms with Crippen molar-refractivity contribution in [3.63, 3.8) is 0 Å². The van der Waals surface area contributed by atoms with Gasteiger partial charge in [-0.3, -0.25) is 9.69 Å². The van der Waals surface area contributed by atoms with Gasteiger partial charge in [0.1, 0.15) is 11.8 Å². The third-order valence-electron chi connectivity index (χ3n) is 5.31. The first-order valence-electron chi connectivity index (χ1n) is 9.66. The molecule has 0 aromatic heterocycles. The van der Waals surface area contributed by atoms with Gasteiger partial charge in [0.25, 0.3) is 5.91 Å². The Bertz CT molecular complexity index is 1120. The van der Waals surface area contributed by atoms with Crippen LogP contribution in [0.15, 0.2) is 60.7 Å². The lowest BCUT2D eigenvalue weighted by Crippen LogP contribution is -2.61. The normalized spacial score (nSPS) is 17.8. The molecule has 1 heterocycles. The Morgan fingerprint density at radius 3 is 2.23 bits per heavy atom. The van der Waals surface area contributed by atoms with Crippen LogP contribution in [0.5, 0.6) is 17.2 Å². The Morgan fingerprint density at radius 1 is 0.871 bits per heavy atom. The van der Waals surface area contributed by atoms with Crippen LogP contribution in [0.3, 0.4) is 0 Å². The molecule has 0 N–H and O–H groups in total. The first kappa shape index (κ1) is 21.3. The van der Waals surface area contributed by atoms with Gasteiger partial charge in [-0.2, -0.15) is 0 Å². The topological polar surface area (TPSA) is 48.0 Å². The number of carbonyl (C=O) groups excluding carboxylic acids is 1. The van der Waals surface area contributed by atoms with E-state index in [1.54, 1.807) is 49.5 Å². The van der Waals surface area contributed by atoms with Crippen LogP contribution < -0.4 is 19.1 Å². The zero-order valence-corrected chi connectivity index (χ0v) is 18.8. The van der Waals surface area contributed by atoms with Crippen LogP contribution in [-0.4, -0.2) is 26.2 Å². The number of hydrogen-bond donors (Lipinski definition) is 0. The van der Waals surface area contributed by atoms with Crippen molar-refractivity contribution in [3.05, 3.63) is 81.8 Å². The van der Waals surface area contributed by atoms with Gasteiger partial charge in [-0.05, 0) is 66.6 Å². The van der Waals surface area contributed by atoms with Gasteiger partial charge in [0.05, 0.1) is 14.2 Å². The van der Waals surface area contributed by atoms with Crippen molar-refractivity contribution in [1.82, 2.24) is 0 Å². The van der Waals surface area contributed by atoms with Gasteiger partial charge < -0.3 is 14.2 Å². The molecule has 1 fully saturated rings. The number of benzene rings is 3. The third-order valence-corrected chi connectivity index (χ3v) is 5.96. The second-order valence-corrected chi connectivity index (χ2v) is 8.04. The van der Waals surface area contributed by atoms with Crippen LogP contribution in [0.4, 0.5) is 5.69 Å². The summed E-state index contributed by atoms with van der Waals surface area (Å²) in [5.74, 6) is 1.59. The smallest absolute Gasteiger partial charge is 0.271 e. The molecule has 4 rings (SSSR count). The van der Waals surface area contributed by atoms with Gasteiger partial charge in [0.2, 0.25) is 6.10 Å². The SMILES string of the molecule is COc1ccc([C@H]2[C@H](Oc3ccc(Cl)cc3)C(=O)N2c2ccc(C)c(Cl)c2)cc1OC. The Morgan fingerprint density at radius 2 is 1.58 bits per heavy atom. The van der Waals surface area contributed by atoms with Crippen molar-refractivity contribution in [2.24, 2.45) is 0 Å². The first-order valence-corrected chi connectivity index (χ1v) is 10.4. The summed E-state index contributed by atoms with van der Waals surface area (Å²) in [5, 5.41) is 1.19. The van der Waals surface area contributed by atoms with E-state index in [9.17, 15) is 4.79 Å². The number of amides is 1. The fraction of sp³-hybridized carbons (Fsp3) is 0.208. The Labute approximate surface area is 191 Å². The molecular formula is C24H21Cl2NO4. The molecule has 0 bridgehead atoms. The quantitative estimate of drug-likeness (QED) is 0.435. The summed E-state index contributed by atoms with van der Waals surface area (Å²) in [6.07, 6.45) is -0.709. The number of β-lactam (4-membered cyclic amide) rings is 1. The molecule has 0 aliphatic carbocycles. The molecule has 0 saturated carbocycles. The van der Waals surface area contributed by atoms with E-state index in [4.69, 9.17) is 37.4 Å². The fourth-order valence-corrected chi connectivity index (χ4v) is 3.92. The molecule has 7 heteroatoms. The number of rotatable bonds is 6. The van der Waals surface area contributed by atoms with Crippen LogP contribution in [0, 0.1) is 6.92 Å². The molecular weight excluding hydrogens is 437 g/mol. The van der Waals surface area contributed by atoms with Gasteiger partial charge in [0, 0.05) is 15.7 Å². The fourth-order valence-electron chi connectivity index (χ4n) is 3.62. The Balaban J connectivity index is 1.74. The van der Waals surface area contributed by atoms with Gasteiger partial charge in [-0.15, -0.1) is 0 Å². The standard InChI is InChI=1S/C24H21Cl2NO4/c1-14-4-8-17(13-19(14)26)27-22(15-5-11-20(29-2)21(12-15)30-3)23(24(27)28)31-18-9-6-16(25)7-10-18/h4-13,22-23H,1-3H3/t22-,23-/m0/s1. The molecule has 0 radical (unpaired) electrons.